The highest BCUT2D eigenvalue weighted by molar-refractivity contribution is 6.51. The second kappa shape index (κ2) is 8.70. The number of hydrogen-bond donors (Lipinski definition) is 1. The van der Waals surface area contributed by atoms with Crippen LogP contribution in [0, 0.1) is 17.0 Å². The van der Waals surface area contributed by atoms with E-state index in [-0.39, 0.29) is 28.2 Å². The fourth-order valence-electron chi connectivity index (χ4n) is 3.80. The van der Waals surface area contributed by atoms with E-state index >= 15 is 0 Å². The summed E-state index contributed by atoms with van der Waals surface area (Å²) in [6.07, 6.45) is 0. The third kappa shape index (κ3) is 3.72. The number of methoxy groups -OCH3 is 2. The quantitative estimate of drug-likeness (QED) is 0.190. The largest absolute Gasteiger partial charge is 0.507 e. The summed E-state index contributed by atoms with van der Waals surface area (Å²) in [6.45, 7) is 1.61. The van der Waals surface area contributed by atoms with Crippen LogP contribution in [-0.2, 0) is 9.59 Å². The van der Waals surface area contributed by atoms with Crippen molar-refractivity contribution in [2.24, 2.45) is 0 Å². The second-order valence-electron chi connectivity index (χ2n) is 7.39. The van der Waals surface area contributed by atoms with Gasteiger partial charge in [0.2, 0.25) is 0 Å². The first-order chi connectivity index (χ1) is 16.3. The number of non-ortho nitro benzene ring substituents is 1. The highest BCUT2D eigenvalue weighted by atomic mass is 16.6. The normalized spacial score (nSPS) is 17.1. The first kappa shape index (κ1) is 22.5. The molecule has 0 unspecified atom stereocenters. The summed E-state index contributed by atoms with van der Waals surface area (Å²) < 4.78 is 15.5. The number of nitrogens with zero attached hydrogens (tertiary/aromatic N) is 3. The maximum absolute atomic E-state index is 13.1. The lowest BCUT2D eigenvalue weighted by molar-refractivity contribution is -0.384. The number of aliphatic hydroxyl groups excluding tert-OH is 1. The molecule has 174 valence electrons. The smallest absolute Gasteiger partial charge is 0.301 e. The fraction of sp³-hybridized carbons (Fsp3) is 0.174. The van der Waals surface area contributed by atoms with Gasteiger partial charge in [-0.1, -0.05) is 17.3 Å². The number of amides is 1. The van der Waals surface area contributed by atoms with Crippen molar-refractivity contribution in [3.63, 3.8) is 0 Å². The molecule has 4 rings (SSSR count). The third-order valence-corrected chi connectivity index (χ3v) is 5.36. The van der Waals surface area contributed by atoms with Gasteiger partial charge < -0.3 is 19.1 Å². The first-order valence-electron chi connectivity index (χ1n) is 9.98. The molecule has 2 heterocycles. The van der Waals surface area contributed by atoms with Gasteiger partial charge in [-0.15, -0.1) is 0 Å². The monoisotopic (exact) mass is 465 g/mol. The molecule has 0 saturated carbocycles. The van der Waals surface area contributed by atoms with Gasteiger partial charge in [-0.25, -0.2) is 0 Å². The number of hydrogen-bond acceptors (Lipinski definition) is 9. The van der Waals surface area contributed by atoms with Gasteiger partial charge in [0, 0.05) is 23.8 Å². The Morgan fingerprint density at radius 1 is 1.12 bits per heavy atom. The maximum atomic E-state index is 13.1. The minimum atomic E-state index is -1.20. The zero-order chi connectivity index (χ0) is 24.6. The van der Waals surface area contributed by atoms with Crippen molar-refractivity contribution in [1.82, 2.24) is 5.16 Å². The molecular formula is C23H19N3O8. The van der Waals surface area contributed by atoms with E-state index in [0.717, 1.165) is 4.90 Å². The minimum Gasteiger partial charge on any atom is -0.507 e. The van der Waals surface area contributed by atoms with Crippen LogP contribution in [-0.4, -0.2) is 41.1 Å². The Balaban J connectivity index is 1.96. The zero-order valence-corrected chi connectivity index (χ0v) is 18.3. The molecule has 0 spiro atoms. The number of nitro groups is 1. The van der Waals surface area contributed by atoms with Crippen LogP contribution < -0.4 is 14.4 Å². The van der Waals surface area contributed by atoms with Crippen LogP contribution in [0.5, 0.6) is 11.5 Å². The fourth-order valence-corrected chi connectivity index (χ4v) is 3.80. The highest BCUT2D eigenvalue weighted by Crippen LogP contribution is 2.43. The van der Waals surface area contributed by atoms with E-state index in [1.807, 2.05) is 0 Å². The van der Waals surface area contributed by atoms with Gasteiger partial charge in [-0.2, -0.15) is 0 Å². The number of carbonyl (C=O) groups excluding carboxylic acids is 2. The van der Waals surface area contributed by atoms with E-state index in [9.17, 15) is 24.8 Å². The standard InChI is InChI=1S/C23H19N3O8/c1-12-9-18(24-34-12)25-20(13-5-4-6-15(10-13)26(30)31)19(22(28)23(25)29)21(27)14-7-8-16(32-2)17(11-14)33-3/h4-11,20,27H,1-3H3/b21-19+/t20-/m0/s1. The molecule has 1 N–H and O–H groups in total. The lowest BCUT2D eigenvalue weighted by atomic mass is 9.95. The molecule has 1 saturated heterocycles. The van der Waals surface area contributed by atoms with Crippen LogP contribution in [0.15, 0.2) is 58.6 Å². The zero-order valence-electron chi connectivity index (χ0n) is 18.3. The molecule has 1 aromatic heterocycles. The highest BCUT2D eigenvalue weighted by Gasteiger charge is 2.48. The van der Waals surface area contributed by atoms with Crippen molar-refractivity contribution < 1.29 is 33.6 Å². The van der Waals surface area contributed by atoms with Gasteiger partial charge in [0.1, 0.15) is 11.5 Å². The van der Waals surface area contributed by atoms with Crippen LogP contribution in [0.25, 0.3) is 5.76 Å². The van der Waals surface area contributed by atoms with Gasteiger partial charge >= 0.3 is 5.91 Å². The average Bonchev–Trinajstić information content (AvgIpc) is 3.38. The molecule has 1 atom stereocenters. The molecule has 0 radical (unpaired) electrons. The summed E-state index contributed by atoms with van der Waals surface area (Å²) in [6, 6.07) is 10.2. The Morgan fingerprint density at radius 3 is 2.47 bits per heavy atom. The second-order valence-corrected chi connectivity index (χ2v) is 7.39. The summed E-state index contributed by atoms with van der Waals surface area (Å²) in [5, 5.41) is 26.4. The number of rotatable bonds is 6. The molecule has 3 aromatic rings. The predicted molar refractivity (Wildman–Crippen MR) is 119 cm³/mol. The van der Waals surface area contributed by atoms with E-state index < -0.39 is 28.4 Å². The molecule has 0 bridgehead atoms. The number of anilines is 1. The number of aromatic nitrogens is 1. The van der Waals surface area contributed by atoms with Gasteiger partial charge in [0.25, 0.3) is 11.5 Å². The molecule has 1 aliphatic heterocycles. The minimum absolute atomic E-state index is 0.0301. The van der Waals surface area contributed by atoms with E-state index in [1.165, 1.54) is 62.8 Å². The number of ether oxygens (including phenoxy) is 2. The summed E-state index contributed by atoms with van der Waals surface area (Å²) in [5.41, 5.74) is -0.0950. The van der Waals surface area contributed by atoms with Crippen molar-refractivity contribution in [3.8, 4) is 11.5 Å². The van der Waals surface area contributed by atoms with Crippen LogP contribution in [0.4, 0.5) is 11.5 Å². The number of Topliss-reactive ketones (excluding diaryl/α,β-unsaturated/α-hetero) is 1. The number of benzene rings is 2. The van der Waals surface area contributed by atoms with E-state index in [1.54, 1.807) is 6.92 Å². The molecule has 0 aliphatic carbocycles. The Bertz CT molecular complexity index is 1340. The number of aryl methyl sites for hydroxylation is 1. The first-order valence-corrected chi connectivity index (χ1v) is 9.98. The molecule has 2 aromatic carbocycles. The van der Waals surface area contributed by atoms with Crippen molar-refractivity contribution in [2.45, 2.75) is 13.0 Å². The number of ketones is 1. The van der Waals surface area contributed by atoms with Gasteiger partial charge in [-0.05, 0) is 30.7 Å². The maximum Gasteiger partial charge on any atom is 0.301 e. The Morgan fingerprint density at radius 2 is 1.85 bits per heavy atom. The van der Waals surface area contributed by atoms with Crippen LogP contribution >= 0.6 is 0 Å². The SMILES string of the molecule is COc1ccc(/C(O)=C2\C(=O)C(=O)N(c3cc(C)on3)[C@H]2c2cccc([N+](=O)[O-])c2)cc1OC. The molecule has 1 fully saturated rings. The number of carbonyl (C=O) groups is 2. The molecule has 11 nitrogen and oxygen atoms in total. The topological polar surface area (TPSA) is 145 Å². The molecule has 34 heavy (non-hydrogen) atoms. The van der Waals surface area contributed by atoms with Gasteiger partial charge in [0.05, 0.1) is 30.8 Å². The Kier molecular flexibility index (Phi) is 5.76. The van der Waals surface area contributed by atoms with Crippen LogP contribution in [0.3, 0.4) is 0 Å². The third-order valence-electron chi connectivity index (χ3n) is 5.36. The average molecular weight is 465 g/mol. The number of aliphatic hydroxyl groups is 1. The van der Waals surface area contributed by atoms with Crippen molar-refractivity contribution in [3.05, 3.63) is 81.1 Å². The summed E-state index contributed by atoms with van der Waals surface area (Å²) in [4.78, 5) is 38.0. The summed E-state index contributed by atoms with van der Waals surface area (Å²) >= 11 is 0. The molecule has 11 heteroatoms. The van der Waals surface area contributed by atoms with Crippen LogP contribution in [0.1, 0.15) is 22.9 Å². The van der Waals surface area contributed by atoms with E-state index in [4.69, 9.17) is 14.0 Å². The van der Waals surface area contributed by atoms with Gasteiger partial charge in [-0.3, -0.25) is 24.6 Å². The lowest BCUT2D eigenvalue weighted by Gasteiger charge is -2.22. The number of nitro benzene ring substituents is 1. The van der Waals surface area contributed by atoms with Crippen LogP contribution in [0.2, 0.25) is 0 Å². The van der Waals surface area contributed by atoms with Gasteiger partial charge in [0.15, 0.2) is 17.3 Å². The van der Waals surface area contributed by atoms with Crippen molar-refractivity contribution >= 4 is 29.0 Å². The lowest BCUT2D eigenvalue weighted by Crippen LogP contribution is -2.29. The van der Waals surface area contributed by atoms with E-state index in [2.05, 4.69) is 5.16 Å². The molecule has 1 aliphatic rings. The van der Waals surface area contributed by atoms with Crippen molar-refractivity contribution in [1.29, 1.82) is 0 Å². The molecular weight excluding hydrogens is 446 g/mol. The predicted octanol–water partition coefficient (Wildman–Crippen LogP) is 3.53. The van der Waals surface area contributed by atoms with E-state index in [0.29, 0.717) is 17.3 Å². The summed E-state index contributed by atoms with van der Waals surface area (Å²) in [5.74, 6) is -1.33. The Hall–Kier alpha value is -4.67. The Labute approximate surface area is 192 Å². The summed E-state index contributed by atoms with van der Waals surface area (Å²) in [7, 11) is 2.86. The van der Waals surface area contributed by atoms with Crippen molar-refractivity contribution in [2.75, 3.05) is 19.1 Å². The molecule has 1 amide bonds.